The Balaban J connectivity index is 3.75. The zero-order valence-electron chi connectivity index (χ0n) is 8.86. The molecule has 0 fully saturated rings. The topological polar surface area (TPSA) is 66.9 Å². The largest absolute Gasteiger partial charge is 0.417 e. The molecule has 0 unspecified atom stereocenters. The molecule has 9 heteroatoms. The maximum Gasteiger partial charge on any atom is 0.417 e. The Labute approximate surface area is 102 Å². The van der Waals surface area contributed by atoms with Crippen molar-refractivity contribution in [3.8, 4) is 6.07 Å². The van der Waals surface area contributed by atoms with Crippen LogP contribution in [0.25, 0.3) is 0 Å². The number of carbonyl (C=O) groups is 1. The van der Waals surface area contributed by atoms with E-state index < -0.39 is 40.5 Å². The lowest BCUT2D eigenvalue weighted by molar-refractivity contribution is -0.162. The summed E-state index contributed by atoms with van der Waals surface area (Å²) in [4.78, 5) is 10.8. The number of benzene rings is 1. The molecule has 0 bridgehead atoms. The summed E-state index contributed by atoms with van der Waals surface area (Å²) in [5, 5.41) is 8.54. The molecule has 0 aliphatic heterocycles. The highest BCUT2D eigenvalue weighted by atomic mass is 19.4. The molecule has 19 heavy (non-hydrogen) atoms. The number of primary amides is 1. The maximum atomic E-state index is 12.5. The first-order valence-corrected chi connectivity index (χ1v) is 4.51. The van der Waals surface area contributed by atoms with Crippen molar-refractivity contribution in [2.24, 2.45) is 5.73 Å². The second kappa shape index (κ2) is 4.46. The van der Waals surface area contributed by atoms with Crippen LogP contribution in [0, 0.1) is 11.3 Å². The van der Waals surface area contributed by atoms with Crippen molar-refractivity contribution >= 4 is 5.91 Å². The fourth-order valence-electron chi connectivity index (χ4n) is 1.37. The minimum Gasteiger partial charge on any atom is -0.366 e. The van der Waals surface area contributed by atoms with Gasteiger partial charge in [-0.3, -0.25) is 4.79 Å². The van der Waals surface area contributed by atoms with Gasteiger partial charge in [-0.05, 0) is 12.1 Å². The van der Waals surface area contributed by atoms with Crippen molar-refractivity contribution in [1.82, 2.24) is 0 Å². The van der Waals surface area contributed by atoms with Gasteiger partial charge in [0.2, 0.25) is 5.91 Å². The second-order valence-electron chi connectivity index (χ2n) is 3.41. The Morgan fingerprint density at radius 2 is 1.47 bits per heavy atom. The standard InChI is InChI=1S/C10H4F6N2O/c11-9(12,13)6-1-4(3-17)5(8(18)19)2-7(6)10(14,15)16/h1-2H,(H2,18,19). The first kappa shape index (κ1) is 14.8. The van der Waals surface area contributed by atoms with Crippen molar-refractivity contribution in [3.05, 3.63) is 34.4 Å². The lowest BCUT2D eigenvalue weighted by atomic mass is 9.97. The van der Waals surface area contributed by atoms with E-state index in [4.69, 9.17) is 11.0 Å². The van der Waals surface area contributed by atoms with Crippen LogP contribution in [0.2, 0.25) is 0 Å². The number of alkyl halides is 6. The fourth-order valence-corrected chi connectivity index (χ4v) is 1.37. The van der Waals surface area contributed by atoms with Gasteiger partial charge >= 0.3 is 12.4 Å². The highest BCUT2D eigenvalue weighted by Gasteiger charge is 2.44. The molecule has 1 aromatic rings. The minimum atomic E-state index is -5.33. The predicted octanol–water partition coefficient (Wildman–Crippen LogP) is 2.69. The molecule has 3 nitrogen and oxygen atoms in total. The molecule has 0 aliphatic carbocycles. The van der Waals surface area contributed by atoms with Gasteiger partial charge in [0.15, 0.2) is 0 Å². The van der Waals surface area contributed by atoms with Crippen LogP contribution < -0.4 is 5.73 Å². The summed E-state index contributed by atoms with van der Waals surface area (Å²) in [6.07, 6.45) is -10.6. The van der Waals surface area contributed by atoms with Crippen LogP contribution in [0.15, 0.2) is 12.1 Å². The monoisotopic (exact) mass is 282 g/mol. The van der Waals surface area contributed by atoms with Gasteiger partial charge in [0, 0.05) is 0 Å². The average Bonchev–Trinajstić information content (AvgIpc) is 2.24. The van der Waals surface area contributed by atoms with Gasteiger partial charge in [-0.15, -0.1) is 0 Å². The Kier molecular flexibility index (Phi) is 3.48. The lowest BCUT2D eigenvalue weighted by Crippen LogP contribution is -2.21. The van der Waals surface area contributed by atoms with E-state index in [0.717, 1.165) is 0 Å². The van der Waals surface area contributed by atoms with Crippen LogP contribution in [-0.2, 0) is 12.4 Å². The number of rotatable bonds is 1. The number of halogens is 6. The quantitative estimate of drug-likeness (QED) is 0.805. The summed E-state index contributed by atoms with van der Waals surface area (Å²) in [5.74, 6) is -1.42. The molecule has 0 saturated heterocycles. The van der Waals surface area contributed by atoms with Gasteiger partial charge in [0.05, 0.1) is 28.3 Å². The zero-order valence-corrected chi connectivity index (χ0v) is 8.86. The van der Waals surface area contributed by atoms with E-state index in [1.807, 2.05) is 0 Å². The molecule has 0 heterocycles. The number of nitrogens with zero attached hydrogens (tertiary/aromatic N) is 1. The third-order valence-corrected chi connectivity index (χ3v) is 2.15. The normalized spacial score (nSPS) is 12.1. The summed E-state index contributed by atoms with van der Waals surface area (Å²) in [5.41, 5.74) is -1.16. The molecule has 0 spiro atoms. The summed E-state index contributed by atoms with van der Waals surface area (Å²) in [6, 6.07) is 1.10. The van der Waals surface area contributed by atoms with Crippen molar-refractivity contribution in [1.29, 1.82) is 5.26 Å². The molecule has 0 aromatic heterocycles. The molecule has 0 radical (unpaired) electrons. The van der Waals surface area contributed by atoms with E-state index in [2.05, 4.69) is 0 Å². The van der Waals surface area contributed by atoms with Gasteiger partial charge in [-0.2, -0.15) is 31.6 Å². The summed E-state index contributed by atoms with van der Waals surface area (Å²) >= 11 is 0. The van der Waals surface area contributed by atoms with Gasteiger partial charge in [-0.25, -0.2) is 0 Å². The highest BCUT2D eigenvalue weighted by molar-refractivity contribution is 5.95. The molecule has 1 aromatic carbocycles. The van der Waals surface area contributed by atoms with Crippen LogP contribution in [0.1, 0.15) is 27.0 Å². The maximum absolute atomic E-state index is 12.5. The number of carbonyl (C=O) groups excluding carboxylic acids is 1. The Morgan fingerprint density at radius 3 is 1.79 bits per heavy atom. The van der Waals surface area contributed by atoms with Gasteiger partial charge in [-0.1, -0.05) is 0 Å². The van der Waals surface area contributed by atoms with E-state index in [1.54, 1.807) is 0 Å². The van der Waals surface area contributed by atoms with Crippen LogP contribution in [0.5, 0.6) is 0 Å². The molecule has 2 N–H and O–H groups in total. The van der Waals surface area contributed by atoms with Crippen LogP contribution in [0.4, 0.5) is 26.3 Å². The fraction of sp³-hybridized carbons (Fsp3) is 0.200. The molecular formula is C10H4F6N2O. The third-order valence-electron chi connectivity index (χ3n) is 2.15. The number of amides is 1. The van der Waals surface area contributed by atoms with Crippen LogP contribution in [0.3, 0.4) is 0 Å². The first-order chi connectivity index (χ1) is 8.48. The number of hydrogen-bond acceptors (Lipinski definition) is 2. The van der Waals surface area contributed by atoms with Crippen molar-refractivity contribution < 1.29 is 31.1 Å². The molecule has 102 valence electrons. The van der Waals surface area contributed by atoms with Gasteiger partial charge < -0.3 is 5.73 Å². The Morgan fingerprint density at radius 1 is 1.05 bits per heavy atom. The van der Waals surface area contributed by atoms with E-state index in [9.17, 15) is 31.1 Å². The number of nitrogens with two attached hydrogens (primary N) is 1. The lowest BCUT2D eigenvalue weighted by Gasteiger charge is -2.16. The zero-order chi connectivity index (χ0) is 15.0. The van der Waals surface area contributed by atoms with E-state index in [0.29, 0.717) is 0 Å². The van der Waals surface area contributed by atoms with E-state index in [-0.39, 0.29) is 12.1 Å². The molecule has 0 saturated carbocycles. The van der Waals surface area contributed by atoms with E-state index >= 15 is 0 Å². The van der Waals surface area contributed by atoms with Crippen LogP contribution >= 0.6 is 0 Å². The minimum absolute atomic E-state index is 0.0388. The smallest absolute Gasteiger partial charge is 0.366 e. The molecular weight excluding hydrogens is 278 g/mol. The molecule has 0 atom stereocenters. The first-order valence-electron chi connectivity index (χ1n) is 4.51. The third kappa shape index (κ3) is 2.96. The average molecular weight is 282 g/mol. The van der Waals surface area contributed by atoms with Gasteiger partial charge in [0.25, 0.3) is 0 Å². The molecule has 1 rings (SSSR count). The highest BCUT2D eigenvalue weighted by Crippen LogP contribution is 2.41. The second-order valence-corrected chi connectivity index (χ2v) is 3.41. The number of nitriles is 1. The van der Waals surface area contributed by atoms with Crippen molar-refractivity contribution in [3.63, 3.8) is 0 Å². The van der Waals surface area contributed by atoms with Gasteiger partial charge in [0.1, 0.15) is 0 Å². The summed E-state index contributed by atoms with van der Waals surface area (Å²) < 4.78 is 75.1. The predicted molar refractivity (Wildman–Crippen MR) is 49.7 cm³/mol. The van der Waals surface area contributed by atoms with Crippen molar-refractivity contribution in [2.45, 2.75) is 12.4 Å². The Bertz CT molecular complexity index is 567. The van der Waals surface area contributed by atoms with Crippen molar-refractivity contribution in [2.75, 3.05) is 0 Å². The van der Waals surface area contributed by atoms with E-state index in [1.165, 1.54) is 6.07 Å². The molecule has 1 amide bonds. The molecule has 0 aliphatic rings. The van der Waals surface area contributed by atoms with Crippen LogP contribution in [-0.4, -0.2) is 5.91 Å². The SMILES string of the molecule is N#Cc1cc(C(F)(F)F)c(C(F)(F)F)cc1C(N)=O. The Hall–Kier alpha value is -2.24. The summed E-state index contributed by atoms with van der Waals surface area (Å²) in [6.45, 7) is 0. The number of hydrogen-bond donors (Lipinski definition) is 1. The summed E-state index contributed by atoms with van der Waals surface area (Å²) in [7, 11) is 0.